The summed E-state index contributed by atoms with van der Waals surface area (Å²) in [5.74, 6) is 2.21. The van der Waals surface area contributed by atoms with E-state index in [1.54, 1.807) is 19.4 Å². The second kappa shape index (κ2) is 7.89. The number of fused-ring (bicyclic) bond motifs is 3. The van der Waals surface area contributed by atoms with Crippen LogP contribution in [0.15, 0.2) is 60.5 Å². The number of para-hydroxylation sites is 1. The summed E-state index contributed by atoms with van der Waals surface area (Å²) in [4.78, 5) is 19.7. The molecule has 1 aromatic heterocycles. The quantitative estimate of drug-likeness (QED) is 0.591. The van der Waals surface area contributed by atoms with E-state index in [4.69, 9.17) is 14.2 Å². The second-order valence-corrected chi connectivity index (χ2v) is 7.64. The van der Waals surface area contributed by atoms with Crippen molar-refractivity contribution in [2.45, 2.75) is 20.0 Å². The molecule has 0 atom stereocenters. The van der Waals surface area contributed by atoms with Crippen LogP contribution in [0.2, 0.25) is 0 Å². The Labute approximate surface area is 180 Å². The Balaban J connectivity index is 1.48. The van der Waals surface area contributed by atoms with Gasteiger partial charge in [-0.2, -0.15) is 0 Å². The van der Waals surface area contributed by atoms with Crippen LogP contribution in [-0.4, -0.2) is 29.5 Å². The van der Waals surface area contributed by atoms with Gasteiger partial charge in [-0.05, 0) is 42.8 Å². The zero-order valence-corrected chi connectivity index (χ0v) is 17.4. The fourth-order valence-electron chi connectivity index (χ4n) is 4.02. The second-order valence-electron chi connectivity index (χ2n) is 7.64. The van der Waals surface area contributed by atoms with E-state index < -0.39 is 0 Å². The van der Waals surface area contributed by atoms with E-state index in [-0.39, 0.29) is 11.5 Å². The van der Waals surface area contributed by atoms with Crippen molar-refractivity contribution in [2.75, 3.05) is 13.8 Å². The zero-order valence-electron chi connectivity index (χ0n) is 17.4. The van der Waals surface area contributed by atoms with Gasteiger partial charge in [0.2, 0.25) is 5.78 Å². The molecule has 0 unspecified atom stereocenters. The minimum atomic E-state index is -0.122. The third-order valence-corrected chi connectivity index (χ3v) is 5.53. The van der Waals surface area contributed by atoms with Crippen molar-refractivity contribution in [1.29, 1.82) is 0 Å². The Morgan fingerprint density at radius 2 is 2.03 bits per heavy atom. The molecule has 0 radical (unpaired) electrons. The number of Topliss-reactive ketones (excluding diaryl/α,β-unsaturated/α-hetero) is 1. The van der Waals surface area contributed by atoms with E-state index in [1.165, 1.54) is 0 Å². The lowest BCUT2D eigenvalue weighted by molar-refractivity contribution is 0.0861. The predicted octanol–water partition coefficient (Wildman–Crippen LogP) is 4.37. The van der Waals surface area contributed by atoms with Gasteiger partial charge >= 0.3 is 0 Å². The number of methoxy groups -OCH3 is 1. The van der Waals surface area contributed by atoms with Gasteiger partial charge in [-0.25, -0.2) is 0 Å². The molecule has 3 heterocycles. The first-order chi connectivity index (χ1) is 15.1. The molecule has 3 aromatic rings. The maximum Gasteiger partial charge on any atom is 0.232 e. The lowest BCUT2D eigenvalue weighted by Gasteiger charge is -2.29. The number of nitrogens with zero attached hydrogens (tertiary/aromatic N) is 2. The van der Waals surface area contributed by atoms with E-state index in [0.717, 1.165) is 28.1 Å². The Hall–Kier alpha value is -3.64. The number of pyridine rings is 1. The van der Waals surface area contributed by atoms with Crippen molar-refractivity contribution < 1.29 is 19.0 Å². The van der Waals surface area contributed by atoms with Crippen molar-refractivity contribution in [3.63, 3.8) is 0 Å². The van der Waals surface area contributed by atoms with Gasteiger partial charge in [0, 0.05) is 24.8 Å². The lowest BCUT2D eigenvalue weighted by atomic mass is 9.98. The molecule has 2 aromatic carbocycles. The van der Waals surface area contributed by atoms with Gasteiger partial charge in [0.15, 0.2) is 5.76 Å². The summed E-state index contributed by atoms with van der Waals surface area (Å²) in [7, 11) is 1.61. The number of hydrogen-bond donors (Lipinski definition) is 0. The molecule has 0 amide bonds. The minimum Gasteiger partial charge on any atom is -0.496 e. The van der Waals surface area contributed by atoms with Crippen LogP contribution in [0.4, 0.5) is 0 Å². The molecular weight excluding hydrogens is 392 g/mol. The minimum absolute atomic E-state index is 0.122. The molecule has 0 aliphatic carbocycles. The van der Waals surface area contributed by atoms with Crippen LogP contribution in [0, 0.1) is 6.92 Å². The largest absolute Gasteiger partial charge is 0.496 e. The predicted molar refractivity (Wildman–Crippen MR) is 116 cm³/mol. The Morgan fingerprint density at radius 3 is 2.84 bits per heavy atom. The summed E-state index contributed by atoms with van der Waals surface area (Å²) >= 11 is 0. The maximum absolute atomic E-state index is 13.2. The number of carbonyl (C=O) groups excluding carboxylic acids is 1. The van der Waals surface area contributed by atoms with Gasteiger partial charge in [0.25, 0.3) is 0 Å². The fraction of sp³-hybridized carbons (Fsp3) is 0.200. The third-order valence-electron chi connectivity index (χ3n) is 5.53. The first-order valence-electron chi connectivity index (χ1n) is 10.1. The first-order valence-corrected chi connectivity index (χ1v) is 10.1. The molecule has 2 aliphatic rings. The number of carbonyl (C=O) groups is 1. The molecule has 0 bridgehead atoms. The average Bonchev–Trinajstić information content (AvgIpc) is 3.12. The molecule has 31 heavy (non-hydrogen) atoms. The van der Waals surface area contributed by atoms with Crippen LogP contribution >= 0.6 is 0 Å². The van der Waals surface area contributed by atoms with E-state index in [9.17, 15) is 4.79 Å². The highest BCUT2D eigenvalue weighted by atomic mass is 16.5. The van der Waals surface area contributed by atoms with Crippen molar-refractivity contribution in [3.8, 4) is 17.2 Å². The van der Waals surface area contributed by atoms with Crippen molar-refractivity contribution in [3.05, 3.63) is 88.4 Å². The molecule has 0 fully saturated rings. The van der Waals surface area contributed by atoms with Gasteiger partial charge in [-0.15, -0.1) is 0 Å². The number of rotatable bonds is 4. The fourth-order valence-corrected chi connectivity index (χ4v) is 4.02. The maximum atomic E-state index is 13.2. The number of allylic oxidation sites excluding steroid dienone is 1. The number of hydrogen-bond acceptors (Lipinski definition) is 6. The summed E-state index contributed by atoms with van der Waals surface area (Å²) in [6, 6.07) is 15.3. The third kappa shape index (κ3) is 3.55. The molecule has 156 valence electrons. The Morgan fingerprint density at radius 1 is 1.19 bits per heavy atom. The molecule has 0 saturated carbocycles. The highest BCUT2D eigenvalue weighted by molar-refractivity contribution is 6.16. The number of aryl methyl sites for hydroxylation is 1. The molecule has 5 rings (SSSR count). The zero-order chi connectivity index (χ0) is 21.4. The van der Waals surface area contributed by atoms with Crippen LogP contribution in [0.3, 0.4) is 0 Å². The molecule has 0 N–H and O–H groups in total. The van der Waals surface area contributed by atoms with Crippen LogP contribution in [0.25, 0.3) is 6.08 Å². The van der Waals surface area contributed by atoms with Gasteiger partial charge in [-0.1, -0.05) is 24.3 Å². The standard InChI is InChI=1S/C25H22N2O4/c1-16-11-21-19(14-27(15-30-21)13-18-8-5-6-10-26-18)25-23(16)24(28)22(31-25)12-17-7-3-4-9-20(17)29-2/h3-12H,13-15H2,1-2H3/b22-12-. The summed E-state index contributed by atoms with van der Waals surface area (Å²) in [5, 5.41) is 0. The molecule has 6 heteroatoms. The van der Waals surface area contributed by atoms with Gasteiger partial charge in [0.1, 0.15) is 24.0 Å². The highest BCUT2D eigenvalue weighted by Gasteiger charge is 2.35. The molecule has 2 aliphatic heterocycles. The smallest absolute Gasteiger partial charge is 0.232 e. The van der Waals surface area contributed by atoms with E-state index >= 15 is 0 Å². The van der Waals surface area contributed by atoms with Crippen LogP contribution in [0.1, 0.15) is 32.7 Å². The summed E-state index contributed by atoms with van der Waals surface area (Å²) < 4.78 is 17.6. The highest BCUT2D eigenvalue weighted by Crippen LogP contribution is 2.44. The van der Waals surface area contributed by atoms with Crippen molar-refractivity contribution in [1.82, 2.24) is 9.88 Å². The summed E-state index contributed by atoms with van der Waals surface area (Å²) in [6.07, 6.45) is 3.52. The number of benzene rings is 2. The number of aromatic nitrogens is 1. The summed E-state index contributed by atoms with van der Waals surface area (Å²) in [6.45, 7) is 3.64. The van der Waals surface area contributed by atoms with Gasteiger partial charge in [-0.3, -0.25) is 14.7 Å². The number of ether oxygens (including phenoxy) is 3. The van der Waals surface area contributed by atoms with E-state index in [0.29, 0.717) is 36.9 Å². The van der Waals surface area contributed by atoms with Crippen molar-refractivity contribution >= 4 is 11.9 Å². The molecule has 6 nitrogen and oxygen atoms in total. The molecule has 0 spiro atoms. The van der Waals surface area contributed by atoms with Gasteiger partial charge in [0.05, 0.1) is 23.9 Å². The van der Waals surface area contributed by atoms with E-state index in [1.807, 2.05) is 55.5 Å². The monoisotopic (exact) mass is 414 g/mol. The topological polar surface area (TPSA) is 60.9 Å². The summed E-state index contributed by atoms with van der Waals surface area (Å²) in [5.41, 5.74) is 4.09. The molecule has 0 saturated heterocycles. The Kier molecular flexibility index (Phi) is 4.92. The first kappa shape index (κ1) is 19.3. The Bertz CT molecular complexity index is 1190. The number of ketones is 1. The normalized spacial score (nSPS) is 16.5. The van der Waals surface area contributed by atoms with Crippen molar-refractivity contribution in [2.24, 2.45) is 0 Å². The average molecular weight is 414 g/mol. The van der Waals surface area contributed by atoms with Crippen LogP contribution in [-0.2, 0) is 13.1 Å². The molecular formula is C25H22N2O4. The SMILES string of the molecule is COc1ccccc1/C=C1\Oc2c3c(cc(C)c2C1=O)OCN(Cc1ccccn1)C3. The van der Waals surface area contributed by atoms with Crippen LogP contribution in [0.5, 0.6) is 17.2 Å². The van der Waals surface area contributed by atoms with E-state index in [2.05, 4.69) is 9.88 Å². The lowest BCUT2D eigenvalue weighted by Crippen LogP contribution is -2.32. The van der Waals surface area contributed by atoms with Crippen LogP contribution < -0.4 is 14.2 Å². The van der Waals surface area contributed by atoms with Gasteiger partial charge < -0.3 is 14.2 Å².